The van der Waals surface area contributed by atoms with Crippen LogP contribution < -0.4 is 11.1 Å². The average Bonchev–Trinajstić information content (AvgIpc) is 2.50. The van der Waals surface area contributed by atoms with E-state index in [0.717, 1.165) is 24.9 Å². The van der Waals surface area contributed by atoms with Crippen LogP contribution in [0.1, 0.15) is 38.2 Å². The number of hydrogen-bond acceptors (Lipinski definition) is 4. The Morgan fingerprint density at radius 2 is 2.00 bits per heavy atom. The molecule has 5 N–H and O–H groups in total. The van der Waals surface area contributed by atoms with Gasteiger partial charge in [0.05, 0.1) is 5.92 Å². The Hall–Kier alpha value is -1.59. The van der Waals surface area contributed by atoms with Crippen LogP contribution in [0.5, 0.6) is 0 Å². The molecule has 0 heterocycles. The van der Waals surface area contributed by atoms with Gasteiger partial charge in [0.2, 0.25) is 0 Å². The fourth-order valence-electron chi connectivity index (χ4n) is 2.35. The Bertz CT molecular complexity index is 432. The highest BCUT2D eigenvalue weighted by Crippen LogP contribution is 2.21. The van der Waals surface area contributed by atoms with Gasteiger partial charge in [-0.1, -0.05) is 49.3 Å². The van der Waals surface area contributed by atoms with Crippen LogP contribution >= 0.6 is 0 Å². The molecule has 1 rings (SSSR count). The smallest absolute Gasteiger partial charge is 0.147 e. The van der Waals surface area contributed by atoms with Crippen LogP contribution in [0, 0.1) is 5.41 Å². The van der Waals surface area contributed by atoms with Crippen LogP contribution in [0.3, 0.4) is 0 Å². The summed E-state index contributed by atoms with van der Waals surface area (Å²) in [6.07, 6.45) is 1.76. The Morgan fingerprint density at radius 1 is 1.33 bits per heavy atom. The third-order valence-corrected chi connectivity index (χ3v) is 3.64. The van der Waals surface area contributed by atoms with E-state index in [2.05, 4.69) is 24.3 Å². The van der Waals surface area contributed by atoms with Gasteiger partial charge in [-0.25, -0.2) is 0 Å². The first-order valence-corrected chi connectivity index (χ1v) is 7.34. The number of nitrogens with two attached hydrogens (primary N) is 1. The molecule has 118 valence electrons. The minimum absolute atomic E-state index is 0.106. The van der Waals surface area contributed by atoms with E-state index in [9.17, 15) is 0 Å². The zero-order valence-electron chi connectivity index (χ0n) is 12.9. The normalized spacial score (nSPS) is 14.1. The molecule has 1 aromatic carbocycles. The van der Waals surface area contributed by atoms with Crippen molar-refractivity contribution in [3.63, 3.8) is 0 Å². The van der Waals surface area contributed by atoms with E-state index < -0.39 is 0 Å². The number of aliphatic hydroxyl groups excluding tert-OH is 1. The van der Waals surface area contributed by atoms with Gasteiger partial charge in [-0.2, -0.15) is 0 Å². The number of nitrogens with one attached hydrogen (secondary N) is 1. The van der Waals surface area contributed by atoms with Crippen LogP contribution in [-0.2, 0) is 0 Å². The van der Waals surface area contributed by atoms with Crippen LogP contribution in [0.15, 0.2) is 35.5 Å². The van der Waals surface area contributed by atoms with Crippen molar-refractivity contribution < 1.29 is 10.3 Å². The van der Waals surface area contributed by atoms with Gasteiger partial charge in [0.25, 0.3) is 0 Å². The number of oxime groups is 1. The van der Waals surface area contributed by atoms with E-state index in [1.807, 2.05) is 30.3 Å². The van der Waals surface area contributed by atoms with Gasteiger partial charge in [-0.05, 0) is 23.8 Å². The largest absolute Gasteiger partial charge is 0.409 e. The Morgan fingerprint density at radius 3 is 2.57 bits per heavy atom. The van der Waals surface area contributed by atoms with Crippen LogP contribution in [0.2, 0.25) is 0 Å². The van der Waals surface area contributed by atoms with Gasteiger partial charge in [-0.15, -0.1) is 0 Å². The van der Waals surface area contributed by atoms with E-state index in [4.69, 9.17) is 16.0 Å². The first-order valence-electron chi connectivity index (χ1n) is 7.34. The highest BCUT2D eigenvalue weighted by Gasteiger charge is 2.20. The molecule has 0 saturated carbocycles. The molecular weight excluding hydrogens is 266 g/mol. The molecule has 0 radical (unpaired) electrons. The van der Waals surface area contributed by atoms with Crippen molar-refractivity contribution in [2.75, 3.05) is 19.7 Å². The summed E-state index contributed by atoms with van der Waals surface area (Å²) >= 11 is 0. The fraction of sp³-hybridized carbons (Fsp3) is 0.562. The Kier molecular flexibility index (Phi) is 7.19. The summed E-state index contributed by atoms with van der Waals surface area (Å²) in [5.74, 6) is 0.0618. The summed E-state index contributed by atoms with van der Waals surface area (Å²) in [5.41, 5.74) is 6.93. The van der Waals surface area contributed by atoms with Crippen molar-refractivity contribution in [3.8, 4) is 0 Å². The lowest BCUT2D eigenvalue weighted by molar-refractivity contribution is 0.236. The zero-order chi connectivity index (χ0) is 15.7. The van der Waals surface area contributed by atoms with E-state index in [1.54, 1.807) is 0 Å². The number of amidine groups is 1. The summed E-state index contributed by atoms with van der Waals surface area (Å²) in [5, 5.41) is 24.4. The summed E-state index contributed by atoms with van der Waals surface area (Å²) < 4.78 is 0. The highest BCUT2D eigenvalue weighted by atomic mass is 16.4. The lowest BCUT2D eigenvalue weighted by atomic mass is 9.87. The Balaban J connectivity index is 2.60. The van der Waals surface area contributed by atoms with Crippen molar-refractivity contribution in [2.45, 2.75) is 32.6 Å². The molecule has 5 heteroatoms. The lowest BCUT2D eigenvalue weighted by Gasteiger charge is -2.26. The maximum Gasteiger partial charge on any atom is 0.147 e. The third kappa shape index (κ3) is 6.14. The highest BCUT2D eigenvalue weighted by molar-refractivity contribution is 5.87. The SMILES string of the molecule is CC(C)(CCCO)CNCC(/C(N)=N/O)c1ccccc1. The second-order valence-electron chi connectivity index (χ2n) is 6.11. The first-order chi connectivity index (χ1) is 10.00. The van der Waals surface area contributed by atoms with E-state index in [-0.39, 0.29) is 23.8 Å². The molecule has 1 atom stereocenters. The molecule has 0 spiro atoms. The molecule has 0 bridgehead atoms. The predicted octanol–water partition coefficient (Wildman–Crippen LogP) is 1.90. The molecule has 0 aliphatic carbocycles. The third-order valence-electron chi connectivity index (χ3n) is 3.64. The van der Waals surface area contributed by atoms with Crippen molar-refractivity contribution in [1.29, 1.82) is 0 Å². The maximum atomic E-state index is 8.95. The molecule has 0 amide bonds. The van der Waals surface area contributed by atoms with Gasteiger partial charge < -0.3 is 21.4 Å². The van der Waals surface area contributed by atoms with Crippen LogP contribution in [0.25, 0.3) is 0 Å². The topological polar surface area (TPSA) is 90.9 Å². The summed E-state index contributed by atoms with van der Waals surface area (Å²) in [7, 11) is 0. The number of nitrogens with zero attached hydrogens (tertiary/aromatic N) is 1. The second kappa shape index (κ2) is 8.64. The number of aliphatic hydroxyl groups is 1. The molecule has 0 aromatic heterocycles. The minimum atomic E-state index is -0.148. The Labute approximate surface area is 126 Å². The van der Waals surface area contributed by atoms with Crippen molar-refractivity contribution in [2.24, 2.45) is 16.3 Å². The number of hydrogen-bond donors (Lipinski definition) is 4. The maximum absolute atomic E-state index is 8.95. The molecule has 21 heavy (non-hydrogen) atoms. The molecule has 1 unspecified atom stereocenters. The van der Waals surface area contributed by atoms with Crippen molar-refractivity contribution >= 4 is 5.84 Å². The second-order valence-corrected chi connectivity index (χ2v) is 6.11. The van der Waals surface area contributed by atoms with E-state index >= 15 is 0 Å². The van der Waals surface area contributed by atoms with Gasteiger partial charge >= 0.3 is 0 Å². The molecule has 0 saturated heterocycles. The van der Waals surface area contributed by atoms with Crippen LogP contribution in [-0.4, -0.2) is 35.8 Å². The molecule has 0 aliphatic heterocycles. The minimum Gasteiger partial charge on any atom is -0.409 e. The number of rotatable bonds is 9. The molecule has 0 aliphatic rings. The number of benzene rings is 1. The van der Waals surface area contributed by atoms with E-state index in [1.165, 1.54) is 0 Å². The van der Waals surface area contributed by atoms with Gasteiger partial charge in [0, 0.05) is 19.7 Å². The van der Waals surface area contributed by atoms with Crippen LogP contribution in [0.4, 0.5) is 0 Å². The summed E-state index contributed by atoms with van der Waals surface area (Å²) in [6.45, 7) is 5.98. The first kappa shape index (κ1) is 17.5. The monoisotopic (exact) mass is 293 g/mol. The lowest BCUT2D eigenvalue weighted by Crippen LogP contribution is -2.36. The van der Waals surface area contributed by atoms with E-state index in [0.29, 0.717) is 6.54 Å². The summed E-state index contributed by atoms with van der Waals surface area (Å²) in [6, 6.07) is 9.77. The van der Waals surface area contributed by atoms with Gasteiger partial charge in [-0.3, -0.25) is 0 Å². The molecule has 0 fully saturated rings. The van der Waals surface area contributed by atoms with Gasteiger partial charge in [0.15, 0.2) is 0 Å². The average molecular weight is 293 g/mol. The molecule has 1 aromatic rings. The van der Waals surface area contributed by atoms with Crippen molar-refractivity contribution in [3.05, 3.63) is 35.9 Å². The zero-order valence-corrected chi connectivity index (χ0v) is 12.9. The van der Waals surface area contributed by atoms with Gasteiger partial charge in [0.1, 0.15) is 5.84 Å². The summed E-state index contributed by atoms with van der Waals surface area (Å²) in [4.78, 5) is 0. The van der Waals surface area contributed by atoms with Crippen molar-refractivity contribution in [1.82, 2.24) is 5.32 Å². The fourth-order valence-corrected chi connectivity index (χ4v) is 2.35. The molecular formula is C16H27N3O2. The molecule has 5 nitrogen and oxygen atoms in total. The standard InChI is InChI=1S/C16H27N3O2/c1-16(2,9-6-10-20)12-18-11-14(15(17)19-21)13-7-4-3-5-8-13/h3-5,7-8,14,18,20-21H,6,9-12H2,1-2H3,(H2,17,19). The predicted molar refractivity (Wildman–Crippen MR) is 85.6 cm³/mol. The quantitative estimate of drug-likeness (QED) is 0.242.